The molecular weight excluding hydrogens is 379 g/mol. The van der Waals surface area contributed by atoms with Crippen molar-refractivity contribution in [3.05, 3.63) is 59.4 Å². The summed E-state index contributed by atoms with van der Waals surface area (Å²) < 4.78 is 40.8. The lowest BCUT2D eigenvalue weighted by Crippen LogP contribution is -2.36. The Bertz CT molecular complexity index is 811. The number of nitrogens with one attached hydrogen (secondary N) is 2. The number of rotatable bonds is 4. The second-order valence-electron chi connectivity index (χ2n) is 6.49. The molecule has 0 aromatic heterocycles. The standard InChI is InChI=1S/C19H20F3N3O.ClH/c1-25-8-6-13(7-9-25)23-18-11-14(3-5-16(18)21)24-19(26)15-4-2-12(20)10-17(15)22;/h2-5,10-11,13,23H,6-9H2,1H3,(H,24,26);1H. The molecule has 2 aromatic carbocycles. The van der Waals surface area contributed by atoms with E-state index in [1.165, 1.54) is 18.2 Å². The van der Waals surface area contributed by atoms with Gasteiger partial charge >= 0.3 is 0 Å². The second kappa shape index (κ2) is 9.10. The predicted molar refractivity (Wildman–Crippen MR) is 102 cm³/mol. The number of nitrogens with zero attached hydrogens (tertiary/aromatic N) is 1. The van der Waals surface area contributed by atoms with Gasteiger partial charge in [-0.15, -0.1) is 12.4 Å². The number of piperidine rings is 1. The zero-order valence-electron chi connectivity index (χ0n) is 14.8. The number of anilines is 2. The van der Waals surface area contributed by atoms with Crippen molar-refractivity contribution in [3.63, 3.8) is 0 Å². The first kappa shape index (κ1) is 21.1. The topological polar surface area (TPSA) is 44.4 Å². The number of carbonyl (C=O) groups is 1. The van der Waals surface area contributed by atoms with E-state index in [4.69, 9.17) is 0 Å². The molecule has 1 saturated heterocycles. The molecule has 0 bridgehead atoms. The lowest BCUT2D eigenvalue weighted by Gasteiger charge is -2.30. The monoisotopic (exact) mass is 399 g/mol. The molecule has 1 fully saturated rings. The van der Waals surface area contributed by atoms with Gasteiger partial charge in [0.25, 0.3) is 5.91 Å². The molecule has 27 heavy (non-hydrogen) atoms. The van der Waals surface area contributed by atoms with Crippen LogP contribution in [0.15, 0.2) is 36.4 Å². The minimum Gasteiger partial charge on any atom is -0.380 e. The molecule has 0 aliphatic carbocycles. The molecule has 3 rings (SSSR count). The Morgan fingerprint density at radius 2 is 1.74 bits per heavy atom. The molecule has 1 amide bonds. The third kappa shape index (κ3) is 5.37. The van der Waals surface area contributed by atoms with E-state index in [0.29, 0.717) is 11.8 Å². The van der Waals surface area contributed by atoms with Gasteiger partial charge in [0, 0.05) is 17.8 Å². The summed E-state index contributed by atoms with van der Waals surface area (Å²) >= 11 is 0. The maximum absolute atomic E-state index is 14.1. The summed E-state index contributed by atoms with van der Waals surface area (Å²) in [6, 6.07) is 7.00. The zero-order valence-corrected chi connectivity index (χ0v) is 15.6. The van der Waals surface area contributed by atoms with Gasteiger partial charge in [0.1, 0.15) is 17.5 Å². The van der Waals surface area contributed by atoms with Crippen LogP contribution in [-0.4, -0.2) is 37.0 Å². The van der Waals surface area contributed by atoms with E-state index < -0.39 is 23.4 Å². The first-order valence-corrected chi connectivity index (χ1v) is 8.43. The molecule has 0 atom stereocenters. The van der Waals surface area contributed by atoms with Crippen molar-refractivity contribution in [1.82, 2.24) is 4.90 Å². The third-order valence-electron chi connectivity index (χ3n) is 4.48. The summed E-state index contributed by atoms with van der Waals surface area (Å²) in [6.07, 6.45) is 1.79. The van der Waals surface area contributed by atoms with Crippen LogP contribution < -0.4 is 10.6 Å². The van der Waals surface area contributed by atoms with Crippen molar-refractivity contribution in [2.75, 3.05) is 30.8 Å². The number of hydrogen-bond acceptors (Lipinski definition) is 3. The Balaban J connectivity index is 0.00000261. The number of carbonyl (C=O) groups excluding carboxylic acids is 1. The largest absolute Gasteiger partial charge is 0.380 e. The van der Waals surface area contributed by atoms with E-state index in [2.05, 4.69) is 15.5 Å². The van der Waals surface area contributed by atoms with Gasteiger partial charge in [-0.1, -0.05) is 0 Å². The van der Waals surface area contributed by atoms with Gasteiger partial charge in [-0.2, -0.15) is 0 Å². The number of benzene rings is 2. The van der Waals surface area contributed by atoms with E-state index in [0.717, 1.165) is 38.1 Å². The Hall–Kier alpha value is -2.25. The third-order valence-corrected chi connectivity index (χ3v) is 4.48. The molecule has 1 heterocycles. The van der Waals surface area contributed by atoms with Crippen LogP contribution in [0.25, 0.3) is 0 Å². The number of likely N-dealkylation sites (tertiary alicyclic amines) is 1. The van der Waals surface area contributed by atoms with Gasteiger partial charge in [-0.25, -0.2) is 13.2 Å². The van der Waals surface area contributed by atoms with Crippen LogP contribution in [0.1, 0.15) is 23.2 Å². The van der Waals surface area contributed by atoms with Gasteiger partial charge in [0.05, 0.1) is 11.3 Å². The van der Waals surface area contributed by atoms with Crippen molar-refractivity contribution in [3.8, 4) is 0 Å². The minimum atomic E-state index is -0.950. The molecular formula is C19H21ClF3N3O. The van der Waals surface area contributed by atoms with E-state index in [1.807, 2.05) is 7.05 Å². The average molecular weight is 400 g/mol. The van der Waals surface area contributed by atoms with E-state index in [9.17, 15) is 18.0 Å². The van der Waals surface area contributed by atoms with E-state index in [1.54, 1.807) is 0 Å². The normalized spacial score (nSPS) is 15.1. The molecule has 8 heteroatoms. The van der Waals surface area contributed by atoms with Gasteiger partial charge < -0.3 is 15.5 Å². The Labute approximate surface area is 162 Å². The average Bonchev–Trinajstić information content (AvgIpc) is 2.59. The van der Waals surface area contributed by atoms with Crippen molar-refractivity contribution in [1.29, 1.82) is 0 Å². The van der Waals surface area contributed by atoms with Crippen molar-refractivity contribution in [2.24, 2.45) is 0 Å². The summed E-state index contributed by atoms with van der Waals surface area (Å²) in [5, 5.41) is 5.68. The molecule has 1 aliphatic heterocycles. The van der Waals surface area contributed by atoms with Crippen molar-refractivity contribution >= 4 is 29.7 Å². The molecule has 1 aliphatic rings. The van der Waals surface area contributed by atoms with Crippen LogP contribution in [0.3, 0.4) is 0 Å². The molecule has 0 spiro atoms. The highest BCUT2D eigenvalue weighted by Crippen LogP contribution is 2.23. The molecule has 2 aromatic rings. The summed E-state index contributed by atoms with van der Waals surface area (Å²) in [6.45, 7) is 1.86. The molecule has 0 radical (unpaired) electrons. The quantitative estimate of drug-likeness (QED) is 0.806. The van der Waals surface area contributed by atoms with Gasteiger partial charge in [-0.3, -0.25) is 4.79 Å². The first-order valence-electron chi connectivity index (χ1n) is 8.43. The van der Waals surface area contributed by atoms with E-state index >= 15 is 0 Å². The second-order valence-corrected chi connectivity index (χ2v) is 6.49. The first-order chi connectivity index (χ1) is 12.4. The lowest BCUT2D eigenvalue weighted by atomic mass is 10.1. The maximum Gasteiger partial charge on any atom is 0.258 e. The summed E-state index contributed by atoms with van der Waals surface area (Å²) in [7, 11) is 2.04. The lowest BCUT2D eigenvalue weighted by molar-refractivity contribution is 0.102. The fourth-order valence-electron chi connectivity index (χ4n) is 2.96. The number of hydrogen-bond donors (Lipinski definition) is 2. The zero-order chi connectivity index (χ0) is 18.7. The Kier molecular flexibility index (Phi) is 7.10. The van der Waals surface area contributed by atoms with Gasteiger partial charge in [0.15, 0.2) is 0 Å². The van der Waals surface area contributed by atoms with Crippen LogP contribution in [0.2, 0.25) is 0 Å². The molecule has 146 valence electrons. The van der Waals surface area contributed by atoms with Crippen LogP contribution in [0.4, 0.5) is 24.5 Å². The smallest absolute Gasteiger partial charge is 0.258 e. The summed E-state index contributed by atoms with van der Waals surface area (Å²) in [5.41, 5.74) is 0.341. The highest BCUT2D eigenvalue weighted by atomic mass is 35.5. The fourth-order valence-corrected chi connectivity index (χ4v) is 2.96. The molecule has 2 N–H and O–H groups in total. The highest BCUT2D eigenvalue weighted by Gasteiger charge is 2.18. The molecule has 0 unspecified atom stereocenters. The van der Waals surface area contributed by atoms with Crippen molar-refractivity contribution < 1.29 is 18.0 Å². The van der Waals surface area contributed by atoms with E-state index in [-0.39, 0.29) is 29.7 Å². The number of halogens is 4. The van der Waals surface area contributed by atoms with Gasteiger partial charge in [0.2, 0.25) is 0 Å². The summed E-state index contributed by atoms with van der Waals surface area (Å²) in [5.74, 6) is -2.85. The fraction of sp³-hybridized carbons (Fsp3) is 0.316. The highest BCUT2D eigenvalue weighted by molar-refractivity contribution is 6.04. The Morgan fingerprint density at radius 3 is 2.41 bits per heavy atom. The maximum atomic E-state index is 14.1. The molecule has 0 saturated carbocycles. The van der Waals surface area contributed by atoms with Gasteiger partial charge in [-0.05, 0) is 63.3 Å². The van der Waals surface area contributed by atoms with Crippen LogP contribution in [-0.2, 0) is 0 Å². The van der Waals surface area contributed by atoms with Crippen LogP contribution >= 0.6 is 12.4 Å². The summed E-state index contributed by atoms with van der Waals surface area (Å²) in [4.78, 5) is 14.4. The van der Waals surface area contributed by atoms with Crippen LogP contribution in [0.5, 0.6) is 0 Å². The SMILES string of the molecule is CN1CCC(Nc2cc(NC(=O)c3ccc(F)cc3F)ccc2F)CC1.Cl. The predicted octanol–water partition coefficient (Wildman–Crippen LogP) is 4.28. The Morgan fingerprint density at radius 1 is 1.04 bits per heavy atom. The minimum absolute atomic E-state index is 0. The van der Waals surface area contributed by atoms with Crippen molar-refractivity contribution in [2.45, 2.75) is 18.9 Å². The number of amides is 1. The van der Waals surface area contributed by atoms with Crippen LogP contribution in [0, 0.1) is 17.5 Å². The molecule has 4 nitrogen and oxygen atoms in total.